The molecule has 0 aliphatic heterocycles. The highest BCUT2D eigenvalue weighted by molar-refractivity contribution is 6.30. The fraction of sp³-hybridized carbons (Fsp3) is 0.364. The highest BCUT2D eigenvalue weighted by Crippen LogP contribution is 2.22. The lowest BCUT2D eigenvalue weighted by Crippen LogP contribution is -2.31. The Kier molecular flexibility index (Phi) is 5.08. The molecule has 0 aliphatic carbocycles. The molecule has 0 spiro atoms. The highest BCUT2D eigenvalue weighted by Gasteiger charge is 2.04. The molecule has 5 heteroatoms. The van der Waals surface area contributed by atoms with Crippen molar-refractivity contribution in [2.75, 3.05) is 20.7 Å². The van der Waals surface area contributed by atoms with E-state index in [0.717, 1.165) is 11.3 Å². The number of rotatable bonds is 5. The van der Waals surface area contributed by atoms with Crippen LogP contribution in [-0.2, 0) is 11.3 Å². The Balaban J connectivity index is 2.58. The van der Waals surface area contributed by atoms with Crippen molar-refractivity contribution >= 4 is 17.5 Å². The molecule has 0 aliphatic rings. The monoisotopic (exact) mass is 242 g/mol. The standard InChI is InChI=1S/C11H15ClN2O2/c1-13-11(15)7-14-6-8-5-9(12)3-4-10(8)16-2/h3-5,14H,6-7H2,1-2H3,(H,13,15). The van der Waals surface area contributed by atoms with Crippen LogP contribution >= 0.6 is 11.6 Å². The summed E-state index contributed by atoms with van der Waals surface area (Å²) in [4.78, 5) is 11.0. The summed E-state index contributed by atoms with van der Waals surface area (Å²) in [6, 6.07) is 5.39. The van der Waals surface area contributed by atoms with Crippen LogP contribution in [0.3, 0.4) is 0 Å². The molecule has 1 amide bonds. The zero-order valence-electron chi connectivity index (χ0n) is 9.34. The molecule has 0 saturated carbocycles. The first-order valence-corrected chi connectivity index (χ1v) is 5.29. The van der Waals surface area contributed by atoms with Gasteiger partial charge in [0, 0.05) is 24.2 Å². The van der Waals surface area contributed by atoms with Gasteiger partial charge in [-0.15, -0.1) is 0 Å². The summed E-state index contributed by atoms with van der Waals surface area (Å²) >= 11 is 5.88. The number of halogens is 1. The lowest BCUT2D eigenvalue weighted by Gasteiger charge is -2.09. The Hall–Kier alpha value is -1.26. The molecule has 0 radical (unpaired) electrons. The maximum Gasteiger partial charge on any atom is 0.233 e. The quantitative estimate of drug-likeness (QED) is 0.816. The van der Waals surface area contributed by atoms with Crippen molar-refractivity contribution in [3.63, 3.8) is 0 Å². The highest BCUT2D eigenvalue weighted by atomic mass is 35.5. The summed E-state index contributed by atoms with van der Waals surface area (Å²) in [6.07, 6.45) is 0. The molecule has 1 aromatic rings. The van der Waals surface area contributed by atoms with Crippen molar-refractivity contribution in [3.8, 4) is 5.75 Å². The molecule has 16 heavy (non-hydrogen) atoms. The third-order valence-electron chi connectivity index (χ3n) is 2.12. The van der Waals surface area contributed by atoms with Gasteiger partial charge >= 0.3 is 0 Å². The van der Waals surface area contributed by atoms with Crippen molar-refractivity contribution < 1.29 is 9.53 Å². The van der Waals surface area contributed by atoms with Gasteiger partial charge in [-0.05, 0) is 18.2 Å². The predicted molar refractivity (Wildman–Crippen MR) is 63.8 cm³/mol. The second-order valence-corrected chi connectivity index (χ2v) is 3.67. The average molecular weight is 243 g/mol. The number of hydrogen-bond donors (Lipinski definition) is 2. The molecule has 0 saturated heterocycles. The molecule has 0 bridgehead atoms. The Morgan fingerprint density at radius 1 is 1.50 bits per heavy atom. The molecule has 0 fully saturated rings. The van der Waals surface area contributed by atoms with Crippen LogP contribution in [-0.4, -0.2) is 26.6 Å². The number of carbonyl (C=O) groups excluding carboxylic acids is 1. The van der Waals surface area contributed by atoms with Gasteiger partial charge in [-0.2, -0.15) is 0 Å². The molecule has 2 N–H and O–H groups in total. The largest absolute Gasteiger partial charge is 0.496 e. The van der Waals surface area contributed by atoms with Gasteiger partial charge in [0.2, 0.25) is 5.91 Å². The number of methoxy groups -OCH3 is 1. The van der Waals surface area contributed by atoms with E-state index < -0.39 is 0 Å². The van der Waals surface area contributed by atoms with Gasteiger partial charge in [-0.1, -0.05) is 11.6 Å². The second kappa shape index (κ2) is 6.35. The number of hydrogen-bond acceptors (Lipinski definition) is 3. The maximum absolute atomic E-state index is 11.0. The Labute approximate surface area is 99.9 Å². The van der Waals surface area contributed by atoms with Crippen LogP contribution < -0.4 is 15.4 Å². The van der Waals surface area contributed by atoms with E-state index in [4.69, 9.17) is 16.3 Å². The molecule has 88 valence electrons. The second-order valence-electron chi connectivity index (χ2n) is 3.23. The van der Waals surface area contributed by atoms with E-state index in [2.05, 4.69) is 10.6 Å². The van der Waals surface area contributed by atoms with Crippen molar-refractivity contribution in [2.45, 2.75) is 6.54 Å². The first kappa shape index (κ1) is 12.8. The minimum Gasteiger partial charge on any atom is -0.496 e. The van der Waals surface area contributed by atoms with Crippen LogP contribution in [0.15, 0.2) is 18.2 Å². The van der Waals surface area contributed by atoms with E-state index in [1.807, 2.05) is 6.07 Å². The number of ether oxygens (including phenoxy) is 1. The zero-order chi connectivity index (χ0) is 12.0. The molecule has 0 atom stereocenters. The first-order chi connectivity index (χ1) is 7.67. The van der Waals surface area contributed by atoms with Crippen LogP contribution in [0.4, 0.5) is 0 Å². The van der Waals surface area contributed by atoms with E-state index in [1.165, 1.54) is 0 Å². The first-order valence-electron chi connectivity index (χ1n) is 4.91. The molecule has 0 unspecified atom stereocenters. The van der Waals surface area contributed by atoms with Gasteiger partial charge in [0.1, 0.15) is 5.75 Å². The van der Waals surface area contributed by atoms with Crippen LogP contribution in [0, 0.1) is 0 Å². The predicted octanol–water partition coefficient (Wildman–Crippen LogP) is 1.18. The number of benzene rings is 1. The van der Waals surface area contributed by atoms with Crippen molar-refractivity contribution in [2.24, 2.45) is 0 Å². The van der Waals surface area contributed by atoms with E-state index in [9.17, 15) is 4.79 Å². The lowest BCUT2D eigenvalue weighted by atomic mass is 10.2. The van der Waals surface area contributed by atoms with Crippen molar-refractivity contribution in [3.05, 3.63) is 28.8 Å². The topological polar surface area (TPSA) is 50.4 Å². The summed E-state index contributed by atoms with van der Waals surface area (Å²) in [5.74, 6) is 0.704. The summed E-state index contributed by atoms with van der Waals surface area (Å²) < 4.78 is 5.18. The van der Waals surface area contributed by atoms with E-state index in [0.29, 0.717) is 11.6 Å². The Morgan fingerprint density at radius 3 is 2.88 bits per heavy atom. The van der Waals surface area contributed by atoms with Crippen LogP contribution in [0.1, 0.15) is 5.56 Å². The van der Waals surface area contributed by atoms with Crippen LogP contribution in [0.2, 0.25) is 5.02 Å². The van der Waals surface area contributed by atoms with Gasteiger partial charge in [-0.25, -0.2) is 0 Å². The number of carbonyl (C=O) groups is 1. The summed E-state index contributed by atoms with van der Waals surface area (Å²) in [7, 11) is 3.20. The summed E-state index contributed by atoms with van der Waals surface area (Å²) in [5.41, 5.74) is 0.930. The Morgan fingerprint density at radius 2 is 2.25 bits per heavy atom. The number of nitrogens with one attached hydrogen (secondary N) is 2. The normalized spacial score (nSPS) is 9.94. The zero-order valence-corrected chi connectivity index (χ0v) is 10.1. The van der Waals surface area contributed by atoms with Gasteiger partial charge in [0.15, 0.2) is 0 Å². The third-order valence-corrected chi connectivity index (χ3v) is 2.36. The molecule has 1 rings (SSSR count). The SMILES string of the molecule is CNC(=O)CNCc1cc(Cl)ccc1OC. The van der Waals surface area contributed by atoms with Crippen LogP contribution in [0.5, 0.6) is 5.75 Å². The average Bonchev–Trinajstić information content (AvgIpc) is 2.29. The van der Waals surface area contributed by atoms with Gasteiger partial charge in [-0.3, -0.25) is 4.79 Å². The molecule has 1 aromatic carbocycles. The minimum atomic E-state index is -0.0546. The van der Waals surface area contributed by atoms with Gasteiger partial charge in [0.25, 0.3) is 0 Å². The molecule has 4 nitrogen and oxygen atoms in total. The third kappa shape index (κ3) is 3.72. The lowest BCUT2D eigenvalue weighted by molar-refractivity contribution is -0.119. The fourth-order valence-electron chi connectivity index (χ4n) is 1.28. The minimum absolute atomic E-state index is 0.0546. The molecule has 0 aromatic heterocycles. The van der Waals surface area contributed by atoms with Gasteiger partial charge in [0.05, 0.1) is 13.7 Å². The van der Waals surface area contributed by atoms with E-state index in [-0.39, 0.29) is 12.5 Å². The fourth-order valence-corrected chi connectivity index (χ4v) is 1.48. The van der Waals surface area contributed by atoms with Crippen molar-refractivity contribution in [1.82, 2.24) is 10.6 Å². The van der Waals surface area contributed by atoms with Crippen molar-refractivity contribution in [1.29, 1.82) is 0 Å². The van der Waals surface area contributed by atoms with E-state index in [1.54, 1.807) is 26.3 Å². The molecular formula is C11H15ClN2O2. The van der Waals surface area contributed by atoms with E-state index >= 15 is 0 Å². The maximum atomic E-state index is 11.0. The molecule has 0 heterocycles. The Bertz CT molecular complexity index is 369. The van der Waals surface area contributed by atoms with Gasteiger partial charge < -0.3 is 15.4 Å². The number of amides is 1. The summed E-state index contributed by atoms with van der Waals surface area (Å²) in [5, 5.41) is 6.19. The number of likely N-dealkylation sites (N-methyl/N-ethyl adjacent to an activating group) is 1. The smallest absolute Gasteiger partial charge is 0.233 e. The molecular weight excluding hydrogens is 228 g/mol. The van der Waals surface area contributed by atoms with Crippen LogP contribution in [0.25, 0.3) is 0 Å². The summed E-state index contributed by atoms with van der Waals surface area (Å²) in [6.45, 7) is 0.809.